The molecule has 3 rings (SSSR count). The van der Waals surface area contributed by atoms with Crippen molar-refractivity contribution in [2.75, 3.05) is 11.4 Å². The molecule has 2 N–H and O–H groups in total. The number of aliphatic hydroxyl groups is 1. The maximum absolute atomic E-state index is 12.4. The third-order valence-electron chi connectivity index (χ3n) is 4.78. The first kappa shape index (κ1) is 16.0. The van der Waals surface area contributed by atoms with Crippen molar-refractivity contribution in [3.8, 4) is 0 Å². The van der Waals surface area contributed by atoms with Crippen molar-refractivity contribution in [3.63, 3.8) is 0 Å². The van der Waals surface area contributed by atoms with Crippen LogP contribution >= 0.6 is 0 Å². The predicted molar refractivity (Wildman–Crippen MR) is 88.1 cm³/mol. The molecule has 2 amide bonds. The standard InChI is InChI=1S/C18H24N2O3/c21-15-10-8-14(9-11-15)19-17(22)12-20-16-6-2-1-4-13(16)5-3-7-18(20)23/h1-2,4,6,14-15,21H,3,5,7-12H2,(H,19,22). The maximum Gasteiger partial charge on any atom is 0.240 e. The van der Waals surface area contributed by atoms with Crippen molar-refractivity contribution in [2.45, 2.75) is 57.1 Å². The molecule has 0 saturated heterocycles. The second kappa shape index (κ2) is 7.13. The van der Waals surface area contributed by atoms with Gasteiger partial charge in [-0.05, 0) is 50.2 Å². The van der Waals surface area contributed by atoms with E-state index in [1.165, 1.54) is 0 Å². The lowest BCUT2D eigenvalue weighted by Gasteiger charge is -2.28. The normalized spacial score (nSPS) is 24.7. The third kappa shape index (κ3) is 3.91. The molecule has 0 radical (unpaired) electrons. The summed E-state index contributed by atoms with van der Waals surface area (Å²) in [5.74, 6) is -0.0967. The van der Waals surface area contributed by atoms with Gasteiger partial charge in [0.1, 0.15) is 6.54 Å². The number of rotatable bonds is 3. The minimum atomic E-state index is -0.234. The molecular formula is C18H24N2O3. The Labute approximate surface area is 136 Å². The minimum absolute atomic E-state index is 0.0177. The summed E-state index contributed by atoms with van der Waals surface area (Å²) in [4.78, 5) is 26.3. The van der Waals surface area contributed by atoms with Gasteiger partial charge in [-0.25, -0.2) is 0 Å². The summed E-state index contributed by atoms with van der Waals surface area (Å²) in [5, 5.41) is 12.5. The minimum Gasteiger partial charge on any atom is -0.393 e. The summed E-state index contributed by atoms with van der Waals surface area (Å²) >= 11 is 0. The Hall–Kier alpha value is -1.88. The summed E-state index contributed by atoms with van der Waals surface area (Å²) < 4.78 is 0. The summed E-state index contributed by atoms with van der Waals surface area (Å²) in [6.07, 6.45) is 5.02. The molecular weight excluding hydrogens is 292 g/mol. The quantitative estimate of drug-likeness (QED) is 0.893. The van der Waals surface area contributed by atoms with E-state index in [1.54, 1.807) is 4.90 Å². The molecule has 0 spiro atoms. The van der Waals surface area contributed by atoms with Crippen LogP contribution in [0.2, 0.25) is 0 Å². The first-order valence-electron chi connectivity index (χ1n) is 8.49. The molecule has 0 aromatic heterocycles. The van der Waals surface area contributed by atoms with Crippen LogP contribution in [0.3, 0.4) is 0 Å². The van der Waals surface area contributed by atoms with Crippen LogP contribution in [0.5, 0.6) is 0 Å². The number of aliphatic hydroxyl groups excluding tert-OH is 1. The van der Waals surface area contributed by atoms with E-state index < -0.39 is 0 Å². The molecule has 1 aliphatic heterocycles. The van der Waals surface area contributed by atoms with Crippen LogP contribution in [0, 0.1) is 0 Å². The average Bonchev–Trinajstić information content (AvgIpc) is 2.70. The van der Waals surface area contributed by atoms with E-state index >= 15 is 0 Å². The van der Waals surface area contributed by atoms with E-state index in [-0.39, 0.29) is 30.5 Å². The Morgan fingerprint density at radius 2 is 1.91 bits per heavy atom. The second-order valence-electron chi connectivity index (χ2n) is 6.54. The zero-order valence-corrected chi connectivity index (χ0v) is 13.3. The fourth-order valence-corrected chi connectivity index (χ4v) is 3.50. The van der Waals surface area contributed by atoms with Gasteiger partial charge in [0.25, 0.3) is 0 Å². The van der Waals surface area contributed by atoms with Crippen LogP contribution in [-0.2, 0) is 16.0 Å². The van der Waals surface area contributed by atoms with Gasteiger partial charge in [0.05, 0.1) is 6.10 Å². The predicted octanol–water partition coefficient (Wildman–Crippen LogP) is 1.78. The van der Waals surface area contributed by atoms with Crippen molar-refractivity contribution in [1.82, 2.24) is 5.32 Å². The van der Waals surface area contributed by atoms with Gasteiger partial charge in [0.2, 0.25) is 11.8 Å². The van der Waals surface area contributed by atoms with Crippen LogP contribution in [0.4, 0.5) is 5.69 Å². The Bertz CT molecular complexity index is 579. The van der Waals surface area contributed by atoms with Gasteiger partial charge < -0.3 is 15.3 Å². The third-order valence-corrected chi connectivity index (χ3v) is 4.78. The highest BCUT2D eigenvalue weighted by Crippen LogP contribution is 2.26. The van der Waals surface area contributed by atoms with Crippen molar-refractivity contribution in [2.24, 2.45) is 0 Å². The highest BCUT2D eigenvalue weighted by Gasteiger charge is 2.26. The largest absolute Gasteiger partial charge is 0.393 e. The first-order valence-corrected chi connectivity index (χ1v) is 8.49. The van der Waals surface area contributed by atoms with Crippen molar-refractivity contribution in [1.29, 1.82) is 0 Å². The molecule has 1 heterocycles. The molecule has 0 atom stereocenters. The van der Waals surface area contributed by atoms with Gasteiger partial charge in [0.15, 0.2) is 0 Å². The topological polar surface area (TPSA) is 69.6 Å². The van der Waals surface area contributed by atoms with E-state index in [0.29, 0.717) is 6.42 Å². The molecule has 1 aromatic carbocycles. The van der Waals surface area contributed by atoms with Gasteiger partial charge >= 0.3 is 0 Å². The molecule has 1 fully saturated rings. The molecule has 5 nitrogen and oxygen atoms in total. The van der Waals surface area contributed by atoms with Crippen molar-refractivity contribution in [3.05, 3.63) is 29.8 Å². The van der Waals surface area contributed by atoms with E-state index in [9.17, 15) is 14.7 Å². The molecule has 124 valence electrons. The van der Waals surface area contributed by atoms with Gasteiger partial charge in [0, 0.05) is 18.2 Å². The van der Waals surface area contributed by atoms with Crippen molar-refractivity contribution >= 4 is 17.5 Å². The smallest absolute Gasteiger partial charge is 0.240 e. The van der Waals surface area contributed by atoms with Crippen molar-refractivity contribution < 1.29 is 14.7 Å². The van der Waals surface area contributed by atoms with E-state index in [4.69, 9.17) is 0 Å². The lowest BCUT2D eigenvalue weighted by molar-refractivity contribution is -0.124. The van der Waals surface area contributed by atoms with Gasteiger partial charge in [-0.3, -0.25) is 9.59 Å². The molecule has 23 heavy (non-hydrogen) atoms. The molecule has 1 aliphatic carbocycles. The zero-order valence-electron chi connectivity index (χ0n) is 13.3. The van der Waals surface area contributed by atoms with Gasteiger partial charge in [-0.1, -0.05) is 18.2 Å². The molecule has 5 heteroatoms. The highest BCUT2D eigenvalue weighted by molar-refractivity contribution is 5.99. The van der Waals surface area contributed by atoms with Crippen LogP contribution in [-0.4, -0.2) is 35.6 Å². The number of hydrogen-bond acceptors (Lipinski definition) is 3. The number of aryl methyl sites for hydroxylation is 1. The maximum atomic E-state index is 12.4. The molecule has 1 aromatic rings. The lowest BCUT2D eigenvalue weighted by Crippen LogP contribution is -2.45. The number of fused-ring (bicyclic) bond motifs is 1. The Balaban J connectivity index is 1.66. The van der Waals surface area contributed by atoms with Crippen LogP contribution in [0.15, 0.2) is 24.3 Å². The van der Waals surface area contributed by atoms with Crippen LogP contribution in [0.25, 0.3) is 0 Å². The van der Waals surface area contributed by atoms with E-state index in [2.05, 4.69) is 5.32 Å². The summed E-state index contributed by atoms with van der Waals surface area (Å²) in [6, 6.07) is 7.94. The first-order chi connectivity index (χ1) is 11.1. The molecule has 0 bridgehead atoms. The molecule has 2 aliphatic rings. The Morgan fingerprint density at radius 3 is 2.70 bits per heavy atom. The Kier molecular flexibility index (Phi) is 4.96. The Morgan fingerprint density at radius 1 is 1.17 bits per heavy atom. The fourth-order valence-electron chi connectivity index (χ4n) is 3.50. The molecule has 0 unspecified atom stereocenters. The SMILES string of the molecule is O=C(CN1C(=O)CCCc2ccccc21)NC1CCC(O)CC1. The number of carbonyl (C=O) groups is 2. The number of benzene rings is 1. The fraction of sp³-hybridized carbons (Fsp3) is 0.556. The number of para-hydroxylation sites is 1. The number of amides is 2. The van der Waals surface area contributed by atoms with Gasteiger partial charge in [-0.2, -0.15) is 0 Å². The number of carbonyl (C=O) groups excluding carboxylic acids is 2. The second-order valence-corrected chi connectivity index (χ2v) is 6.54. The van der Waals surface area contributed by atoms with E-state index in [0.717, 1.165) is 49.8 Å². The number of hydrogen-bond donors (Lipinski definition) is 2. The van der Waals surface area contributed by atoms with Gasteiger partial charge in [-0.15, -0.1) is 0 Å². The van der Waals surface area contributed by atoms with Crippen LogP contribution < -0.4 is 10.2 Å². The highest BCUT2D eigenvalue weighted by atomic mass is 16.3. The summed E-state index contributed by atoms with van der Waals surface area (Å²) in [6.45, 7) is 0.0783. The summed E-state index contributed by atoms with van der Waals surface area (Å²) in [7, 11) is 0. The average molecular weight is 316 g/mol. The number of anilines is 1. The molecule has 1 saturated carbocycles. The van der Waals surface area contributed by atoms with E-state index in [1.807, 2.05) is 24.3 Å². The monoisotopic (exact) mass is 316 g/mol. The number of nitrogens with zero attached hydrogens (tertiary/aromatic N) is 1. The lowest BCUT2D eigenvalue weighted by atomic mass is 9.93. The zero-order chi connectivity index (χ0) is 16.2. The summed E-state index contributed by atoms with van der Waals surface area (Å²) in [5.41, 5.74) is 2.00. The number of nitrogens with one attached hydrogen (secondary N) is 1. The van der Waals surface area contributed by atoms with Crippen LogP contribution in [0.1, 0.15) is 44.1 Å².